The van der Waals surface area contributed by atoms with E-state index in [2.05, 4.69) is 23.5 Å². The maximum atomic E-state index is 12.8. The lowest BCUT2D eigenvalue weighted by Crippen LogP contribution is -2.36. The number of hydrogen-bond acceptors (Lipinski definition) is 5. The summed E-state index contributed by atoms with van der Waals surface area (Å²) < 4.78 is 38.8. The van der Waals surface area contributed by atoms with Crippen LogP contribution in [0.5, 0.6) is 11.5 Å². The van der Waals surface area contributed by atoms with Crippen molar-refractivity contribution in [2.45, 2.75) is 95.8 Å². The van der Waals surface area contributed by atoms with Gasteiger partial charge < -0.3 is 14.4 Å². The average Bonchev–Trinajstić information content (AvgIpc) is 2.82. The largest absolute Gasteiger partial charge is 0.493 e. The maximum Gasteiger partial charge on any atom is 0.240 e. The highest BCUT2D eigenvalue weighted by molar-refractivity contribution is 7.89. The minimum atomic E-state index is -3.60. The van der Waals surface area contributed by atoms with E-state index in [0.29, 0.717) is 18.0 Å². The molecule has 0 aromatic heterocycles. The van der Waals surface area contributed by atoms with E-state index in [1.807, 2.05) is 0 Å². The third-order valence-electron chi connectivity index (χ3n) is 6.04. The summed E-state index contributed by atoms with van der Waals surface area (Å²) in [5, 5.41) is 0. The molecule has 1 N–H and O–H groups in total. The van der Waals surface area contributed by atoms with Crippen molar-refractivity contribution in [3.63, 3.8) is 0 Å². The van der Waals surface area contributed by atoms with Crippen molar-refractivity contribution < 1.29 is 17.9 Å². The molecule has 0 spiro atoms. The summed E-state index contributed by atoms with van der Waals surface area (Å²) in [5.41, 5.74) is 0. The minimum Gasteiger partial charge on any atom is -0.493 e. The van der Waals surface area contributed by atoms with Crippen LogP contribution in [0.15, 0.2) is 23.1 Å². The van der Waals surface area contributed by atoms with Gasteiger partial charge in [0.15, 0.2) is 11.5 Å². The Labute approximate surface area is 203 Å². The maximum absolute atomic E-state index is 12.8. The van der Waals surface area contributed by atoms with E-state index < -0.39 is 10.0 Å². The third kappa shape index (κ3) is 12.6. The van der Waals surface area contributed by atoms with E-state index in [-0.39, 0.29) is 4.90 Å². The van der Waals surface area contributed by atoms with Crippen LogP contribution in [-0.4, -0.2) is 53.7 Å². The fourth-order valence-corrected chi connectivity index (χ4v) is 5.01. The molecule has 0 aliphatic carbocycles. The summed E-state index contributed by atoms with van der Waals surface area (Å²) in [6.07, 6.45) is 15.3. The molecule has 0 bridgehead atoms. The number of ether oxygens (including phenoxy) is 2. The molecular formula is C26H48N2O4S. The second kappa shape index (κ2) is 18.1. The summed E-state index contributed by atoms with van der Waals surface area (Å²) >= 11 is 0. The molecular weight excluding hydrogens is 436 g/mol. The Morgan fingerprint density at radius 2 is 1.24 bits per heavy atom. The fourth-order valence-electron chi connectivity index (χ4n) is 3.97. The number of unbranched alkanes of at least 4 members (excludes halogenated alkanes) is 10. The van der Waals surface area contributed by atoms with Gasteiger partial charge in [-0.3, -0.25) is 0 Å². The molecule has 0 radical (unpaired) electrons. The molecule has 1 aromatic rings. The molecule has 0 aliphatic rings. The molecule has 1 rings (SSSR count). The molecule has 0 saturated heterocycles. The van der Waals surface area contributed by atoms with Gasteiger partial charge in [0.05, 0.1) is 19.1 Å². The molecule has 6 nitrogen and oxygen atoms in total. The first-order chi connectivity index (χ1) is 16.0. The number of hydrogen-bond donors (Lipinski definition) is 1. The quantitative estimate of drug-likeness (QED) is 0.217. The Kier molecular flexibility index (Phi) is 16.3. The van der Waals surface area contributed by atoms with Gasteiger partial charge in [-0.2, -0.15) is 0 Å². The second-order valence-electron chi connectivity index (χ2n) is 8.79. The zero-order valence-corrected chi connectivity index (χ0v) is 22.4. The van der Waals surface area contributed by atoms with Crippen molar-refractivity contribution >= 4 is 10.0 Å². The highest BCUT2D eigenvalue weighted by Crippen LogP contribution is 2.29. The van der Waals surface area contributed by atoms with Gasteiger partial charge in [0, 0.05) is 19.2 Å². The first kappa shape index (κ1) is 29.7. The lowest BCUT2D eigenvalue weighted by molar-refractivity contribution is 0.264. The summed E-state index contributed by atoms with van der Waals surface area (Å²) in [7, 11) is -0.558. The van der Waals surface area contributed by atoms with Crippen LogP contribution in [0, 0.1) is 0 Å². The zero-order chi connectivity index (χ0) is 24.4. The minimum absolute atomic E-state index is 0.193. The number of nitrogens with one attached hydrogen (secondary N) is 1. The topological polar surface area (TPSA) is 67.9 Å². The lowest BCUT2D eigenvalue weighted by atomic mass is 10.1. The van der Waals surface area contributed by atoms with Gasteiger partial charge in [0.2, 0.25) is 10.0 Å². The van der Waals surface area contributed by atoms with Crippen molar-refractivity contribution in [1.82, 2.24) is 9.62 Å². The average molecular weight is 485 g/mol. The van der Waals surface area contributed by atoms with Crippen LogP contribution in [0.4, 0.5) is 0 Å². The molecule has 192 valence electrons. The monoisotopic (exact) mass is 484 g/mol. The van der Waals surface area contributed by atoms with Crippen molar-refractivity contribution in [1.29, 1.82) is 0 Å². The SMILES string of the molecule is CCCCCCCCN(CCCCCCCC)CCNS(=O)(=O)c1ccc(OC)c(OC)c1. The van der Waals surface area contributed by atoms with E-state index in [4.69, 9.17) is 9.47 Å². The van der Waals surface area contributed by atoms with E-state index >= 15 is 0 Å². The van der Waals surface area contributed by atoms with Crippen LogP contribution in [-0.2, 0) is 10.0 Å². The van der Waals surface area contributed by atoms with E-state index in [1.54, 1.807) is 12.1 Å². The van der Waals surface area contributed by atoms with Gasteiger partial charge >= 0.3 is 0 Å². The lowest BCUT2D eigenvalue weighted by Gasteiger charge is -2.22. The van der Waals surface area contributed by atoms with E-state index in [0.717, 1.165) is 19.6 Å². The number of sulfonamides is 1. The molecule has 0 saturated carbocycles. The Bertz CT molecular complexity index is 709. The molecule has 0 heterocycles. The van der Waals surface area contributed by atoms with Crippen LogP contribution in [0.3, 0.4) is 0 Å². The normalized spacial score (nSPS) is 11.8. The third-order valence-corrected chi connectivity index (χ3v) is 7.50. The zero-order valence-electron chi connectivity index (χ0n) is 21.5. The Balaban J connectivity index is 2.55. The molecule has 1 aromatic carbocycles. The molecule has 0 amide bonds. The fraction of sp³-hybridized carbons (Fsp3) is 0.769. The van der Waals surface area contributed by atoms with Crippen molar-refractivity contribution in [3.8, 4) is 11.5 Å². The molecule has 7 heteroatoms. The van der Waals surface area contributed by atoms with E-state index in [1.165, 1.54) is 97.3 Å². The van der Waals surface area contributed by atoms with Gasteiger partial charge in [-0.05, 0) is 38.1 Å². The highest BCUT2D eigenvalue weighted by atomic mass is 32.2. The molecule has 33 heavy (non-hydrogen) atoms. The van der Waals surface area contributed by atoms with Crippen LogP contribution in [0.1, 0.15) is 90.9 Å². The van der Waals surface area contributed by atoms with Crippen molar-refractivity contribution in [2.75, 3.05) is 40.4 Å². The first-order valence-electron chi connectivity index (χ1n) is 12.9. The second-order valence-corrected chi connectivity index (χ2v) is 10.6. The predicted molar refractivity (Wildman–Crippen MR) is 138 cm³/mol. The van der Waals surface area contributed by atoms with Gasteiger partial charge in [-0.25, -0.2) is 13.1 Å². The van der Waals surface area contributed by atoms with Gasteiger partial charge in [-0.15, -0.1) is 0 Å². The van der Waals surface area contributed by atoms with Gasteiger partial charge in [0.1, 0.15) is 0 Å². The smallest absolute Gasteiger partial charge is 0.240 e. The Morgan fingerprint density at radius 3 is 1.76 bits per heavy atom. The highest BCUT2D eigenvalue weighted by Gasteiger charge is 2.17. The standard InChI is InChI=1S/C26H48N2O4S/c1-5-7-9-11-13-15-20-28(21-16-14-12-10-8-6-2)22-19-27-33(29,30)24-17-18-25(31-3)26(23-24)32-4/h17-18,23,27H,5-16,19-22H2,1-4H3. The number of nitrogens with zero attached hydrogens (tertiary/aromatic N) is 1. The number of rotatable bonds is 21. The Morgan fingerprint density at radius 1 is 0.727 bits per heavy atom. The summed E-state index contributed by atoms with van der Waals surface area (Å²) in [6.45, 7) is 7.70. The number of benzene rings is 1. The van der Waals surface area contributed by atoms with Crippen LogP contribution >= 0.6 is 0 Å². The van der Waals surface area contributed by atoms with Crippen LogP contribution < -0.4 is 14.2 Å². The van der Waals surface area contributed by atoms with E-state index in [9.17, 15) is 8.42 Å². The van der Waals surface area contributed by atoms with Crippen LogP contribution in [0.25, 0.3) is 0 Å². The first-order valence-corrected chi connectivity index (χ1v) is 14.4. The Hall–Kier alpha value is -1.31. The number of methoxy groups -OCH3 is 2. The molecule has 0 unspecified atom stereocenters. The van der Waals surface area contributed by atoms with Crippen molar-refractivity contribution in [2.24, 2.45) is 0 Å². The molecule has 0 fully saturated rings. The van der Waals surface area contributed by atoms with Gasteiger partial charge in [0.25, 0.3) is 0 Å². The predicted octanol–water partition coefficient (Wildman–Crippen LogP) is 6.01. The van der Waals surface area contributed by atoms with Crippen LogP contribution in [0.2, 0.25) is 0 Å². The summed E-state index contributed by atoms with van der Waals surface area (Å²) in [5.74, 6) is 0.925. The summed E-state index contributed by atoms with van der Waals surface area (Å²) in [4.78, 5) is 2.62. The van der Waals surface area contributed by atoms with Crippen molar-refractivity contribution in [3.05, 3.63) is 18.2 Å². The molecule has 0 atom stereocenters. The molecule has 0 aliphatic heterocycles. The van der Waals surface area contributed by atoms with Gasteiger partial charge in [-0.1, -0.05) is 78.1 Å². The summed E-state index contributed by atoms with van der Waals surface area (Å²) in [6, 6.07) is 4.68.